The third kappa shape index (κ3) is 12.4. The van der Waals surface area contributed by atoms with Crippen molar-refractivity contribution in [3.05, 3.63) is 0 Å². The molecule has 0 aliphatic rings. The predicted molar refractivity (Wildman–Crippen MR) is 66.2 cm³/mol. The van der Waals surface area contributed by atoms with Crippen LogP contribution in [0.2, 0.25) is 0 Å². The highest BCUT2D eigenvalue weighted by Gasteiger charge is 1.93. The summed E-state index contributed by atoms with van der Waals surface area (Å²) in [5, 5.41) is 4.51. The lowest BCUT2D eigenvalue weighted by atomic mass is 10.2. The van der Waals surface area contributed by atoms with Crippen LogP contribution in [0.15, 0.2) is 0 Å². The van der Waals surface area contributed by atoms with E-state index in [1.165, 1.54) is 19.3 Å². The van der Waals surface area contributed by atoms with Gasteiger partial charge in [0.15, 0.2) is 0 Å². The van der Waals surface area contributed by atoms with Crippen LogP contribution in [0.3, 0.4) is 0 Å². The first-order valence-electron chi connectivity index (χ1n) is 5.61. The van der Waals surface area contributed by atoms with Gasteiger partial charge in [-0.15, -0.1) is 0 Å². The van der Waals surface area contributed by atoms with Crippen molar-refractivity contribution < 1.29 is 4.74 Å². The lowest BCUT2D eigenvalue weighted by Gasteiger charge is -2.07. The zero-order valence-electron chi connectivity index (χ0n) is 9.52. The van der Waals surface area contributed by atoms with Crippen LogP contribution in [-0.4, -0.2) is 31.6 Å². The molecule has 1 N–H and O–H groups in total. The standard InChI is InChI=1S/C11H24BrNO/c1-11(2)10-14-9-8-13-7-5-3-4-6-12/h11,13H,3-10H2,1-2H3. The second-order valence-electron chi connectivity index (χ2n) is 3.97. The van der Waals surface area contributed by atoms with Gasteiger partial charge in [-0.25, -0.2) is 0 Å². The lowest BCUT2D eigenvalue weighted by molar-refractivity contribution is 0.112. The van der Waals surface area contributed by atoms with E-state index in [1.807, 2.05) is 0 Å². The van der Waals surface area contributed by atoms with E-state index in [-0.39, 0.29) is 0 Å². The van der Waals surface area contributed by atoms with E-state index < -0.39 is 0 Å². The molecule has 0 aromatic heterocycles. The van der Waals surface area contributed by atoms with E-state index in [4.69, 9.17) is 4.74 Å². The fourth-order valence-corrected chi connectivity index (χ4v) is 1.51. The van der Waals surface area contributed by atoms with Gasteiger partial charge in [-0.1, -0.05) is 36.2 Å². The summed E-state index contributed by atoms with van der Waals surface area (Å²) in [5.41, 5.74) is 0. The Bertz CT molecular complexity index is 109. The number of ether oxygens (including phenoxy) is 1. The molecule has 0 aromatic rings. The fraction of sp³-hybridized carbons (Fsp3) is 1.00. The third-order valence-electron chi connectivity index (χ3n) is 1.86. The molecular formula is C11H24BrNO. The van der Waals surface area contributed by atoms with Crippen molar-refractivity contribution in [3.63, 3.8) is 0 Å². The van der Waals surface area contributed by atoms with Crippen molar-refractivity contribution in [2.24, 2.45) is 5.92 Å². The summed E-state index contributed by atoms with van der Waals surface area (Å²) in [7, 11) is 0. The van der Waals surface area contributed by atoms with Gasteiger partial charge in [0.1, 0.15) is 0 Å². The summed E-state index contributed by atoms with van der Waals surface area (Å²) in [6.45, 7) is 8.18. The number of hydrogen-bond donors (Lipinski definition) is 1. The van der Waals surface area contributed by atoms with Gasteiger partial charge in [-0.05, 0) is 25.3 Å². The van der Waals surface area contributed by atoms with Gasteiger partial charge in [-0.3, -0.25) is 0 Å². The van der Waals surface area contributed by atoms with E-state index in [0.29, 0.717) is 5.92 Å². The molecule has 3 heteroatoms. The smallest absolute Gasteiger partial charge is 0.0591 e. The average molecular weight is 266 g/mol. The van der Waals surface area contributed by atoms with Gasteiger partial charge in [0.2, 0.25) is 0 Å². The Morgan fingerprint density at radius 1 is 1.14 bits per heavy atom. The van der Waals surface area contributed by atoms with Crippen LogP contribution in [0.5, 0.6) is 0 Å². The maximum atomic E-state index is 5.45. The molecule has 0 spiro atoms. The van der Waals surface area contributed by atoms with Crippen LogP contribution < -0.4 is 5.32 Å². The van der Waals surface area contributed by atoms with Gasteiger partial charge < -0.3 is 10.1 Å². The van der Waals surface area contributed by atoms with Crippen molar-refractivity contribution in [3.8, 4) is 0 Å². The summed E-state index contributed by atoms with van der Waals surface area (Å²) in [6, 6.07) is 0. The Morgan fingerprint density at radius 2 is 1.93 bits per heavy atom. The maximum Gasteiger partial charge on any atom is 0.0591 e. The molecule has 2 nitrogen and oxygen atoms in total. The molecule has 0 saturated heterocycles. The summed E-state index contributed by atoms with van der Waals surface area (Å²) >= 11 is 3.43. The van der Waals surface area contributed by atoms with Crippen LogP contribution in [0, 0.1) is 5.92 Å². The third-order valence-corrected chi connectivity index (χ3v) is 2.42. The number of alkyl halides is 1. The molecule has 0 heterocycles. The first kappa shape index (κ1) is 14.4. The minimum absolute atomic E-state index is 0.647. The van der Waals surface area contributed by atoms with Crippen molar-refractivity contribution in [2.45, 2.75) is 33.1 Å². The number of hydrogen-bond acceptors (Lipinski definition) is 2. The molecule has 14 heavy (non-hydrogen) atoms. The molecule has 0 aliphatic heterocycles. The zero-order valence-corrected chi connectivity index (χ0v) is 11.1. The minimum atomic E-state index is 0.647. The maximum absolute atomic E-state index is 5.45. The molecule has 0 unspecified atom stereocenters. The van der Waals surface area contributed by atoms with Crippen molar-refractivity contribution in [1.29, 1.82) is 0 Å². The number of halogens is 1. The Balaban J connectivity index is 2.85. The quantitative estimate of drug-likeness (QED) is 0.485. The second-order valence-corrected chi connectivity index (χ2v) is 4.76. The van der Waals surface area contributed by atoms with Gasteiger partial charge in [0.05, 0.1) is 6.61 Å². The monoisotopic (exact) mass is 265 g/mol. The van der Waals surface area contributed by atoms with Gasteiger partial charge >= 0.3 is 0 Å². The van der Waals surface area contributed by atoms with E-state index in [0.717, 1.165) is 31.6 Å². The normalized spacial score (nSPS) is 11.1. The first-order valence-corrected chi connectivity index (χ1v) is 6.74. The van der Waals surface area contributed by atoms with Gasteiger partial charge in [0, 0.05) is 18.5 Å². The molecule has 0 atom stereocenters. The van der Waals surface area contributed by atoms with Gasteiger partial charge in [-0.2, -0.15) is 0 Å². The summed E-state index contributed by atoms with van der Waals surface area (Å²) in [5.74, 6) is 0.647. The van der Waals surface area contributed by atoms with E-state index in [1.54, 1.807) is 0 Å². The Morgan fingerprint density at radius 3 is 2.57 bits per heavy atom. The topological polar surface area (TPSA) is 21.3 Å². The van der Waals surface area contributed by atoms with Crippen LogP contribution in [0.1, 0.15) is 33.1 Å². The lowest BCUT2D eigenvalue weighted by Crippen LogP contribution is -2.21. The molecule has 86 valence electrons. The number of nitrogens with one attached hydrogen (secondary N) is 1. The van der Waals surface area contributed by atoms with E-state index >= 15 is 0 Å². The summed E-state index contributed by atoms with van der Waals surface area (Å²) in [6.07, 6.45) is 3.87. The molecule has 0 aromatic carbocycles. The van der Waals surface area contributed by atoms with Crippen molar-refractivity contribution >= 4 is 15.9 Å². The van der Waals surface area contributed by atoms with E-state index in [2.05, 4.69) is 35.1 Å². The highest BCUT2D eigenvalue weighted by molar-refractivity contribution is 9.09. The van der Waals surface area contributed by atoms with E-state index in [9.17, 15) is 0 Å². The number of unbranched alkanes of at least 4 members (excludes halogenated alkanes) is 2. The Kier molecular flexibility index (Phi) is 11.8. The average Bonchev–Trinajstić information content (AvgIpc) is 2.15. The van der Waals surface area contributed by atoms with Crippen LogP contribution in [0.4, 0.5) is 0 Å². The van der Waals surface area contributed by atoms with Crippen LogP contribution >= 0.6 is 15.9 Å². The zero-order chi connectivity index (χ0) is 10.6. The molecule has 0 amide bonds. The molecule has 0 aliphatic carbocycles. The number of rotatable bonds is 10. The molecule has 0 saturated carbocycles. The van der Waals surface area contributed by atoms with Gasteiger partial charge in [0.25, 0.3) is 0 Å². The second kappa shape index (κ2) is 11.5. The van der Waals surface area contributed by atoms with Crippen molar-refractivity contribution in [1.82, 2.24) is 5.32 Å². The fourth-order valence-electron chi connectivity index (χ4n) is 1.11. The largest absolute Gasteiger partial charge is 0.380 e. The molecule has 0 bridgehead atoms. The predicted octanol–water partition coefficient (Wildman–Crippen LogP) is 2.81. The Labute approximate surface area is 96.9 Å². The highest BCUT2D eigenvalue weighted by atomic mass is 79.9. The molecular weight excluding hydrogens is 242 g/mol. The Hall–Kier alpha value is 0.400. The van der Waals surface area contributed by atoms with Crippen molar-refractivity contribution in [2.75, 3.05) is 31.6 Å². The molecule has 0 radical (unpaired) electrons. The molecule has 0 fully saturated rings. The molecule has 0 rings (SSSR count). The first-order chi connectivity index (χ1) is 6.77. The van der Waals surface area contributed by atoms with Crippen LogP contribution in [0.25, 0.3) is 0 Å². The summed E-state index contributed by atoms with van der Waals surface area (Å²) in [4.78, 5) is 0. The SMILES string of the molecule is CC(C)COCCNCCCCCBr. The minimum Gasteiger partial charge on any atom is -0.380 e. The van der Waals surface area contributed by atoms with Crippen LogP contribution in [-0.2, 0) is 4.74 Å². The summed E-state index contributed by atoms with van der Waals surface area (Å²) < 4.78 is 5.45. The highest BCUT2D eigenvalue weighted by Crippen LogP contribution is 1.96.